The van der Waals surface area contributed by atoms with E-state index < -0.39 is 0 Å². The number of hydrogen-bond donors (Lipinski definition) is 5. The minimum Gasteiger partial charge on any atom is -0.398 e. The number of benzene rings is 6. The maximum Gasteiger partial charge on any atom is 0.239 e. The molecule has 0 bridgehead atoms. The van der Waals surface area contributed by atoms with Crippen molar-refractivity contribution in [3.8, 4) is 5.69 Å². The van der Waals surface area contributed by atoms with E-state index in [0.717, 1.165) is 86.1 Å². The van der Waals surface area contributed by atoms with Gasteiger partial charge in [0.25, 0.3) is 0 Å². The molecule has 0 atom stereocenters. The van der Waals surface area contributed by atoms with Crippen molar-refractivity contribution in [2.45, 2.75) is 91.9 Å². The minimum atomic E-state index is 0.781. The molecule has 0 spiro atoms. The number of fused-ring (bicyclic) bond motifs is 4. The molecule has 0 aliphatic carbocycles. The summed E-state index contributed by atoms with van der Waals surface area (Å²) in [4.78, 5) is 7.42. The molecule has 7 aromatic rings. The van der Waals surface area contributed by atoms with E-state index in [4.69, 9.17) is 16.5 Å². The van der Waals surface area contributed by atoms with Gasteiger partial charge in [0.15, 0.2) is 0 Å². The third kappa shape index (κ3) is 8.69. The van der Waals surface area contributed by atoms with Gasteiger partial charge in [-0.2, -0.15) is 0 Å². The number of rotatable bonds is 17. The highest BCUT2D eigenvalue weighted by Gasteiger charge is 2.28. The fourth-order valence-electron chi connectivity index (χ4n) is 8.72. The van der Waals surface area contributed by atoms with E-state index in [1.54, 1.807) is 0 Å². The van der Waals surface area contributed by atoms with Crippen LogP contribution in [0.25, 0.3) is 27.8 Å². The summed E-state index contributed by atoms with van der Waals surface area (Å²) < 4.78 is 2.29. The summed E-state index contributed by atoms with van der Waals surface area (Å²) in [5, 5.41) is 11.2. The highest BCUT2D eigenvalue weighted by atomic mass is 15.2. The molecular weight excluding hydrogens is 737 g/mol. The number of nitrogens with zero attached hydrogens (tertiary/aromatic N) is 3. The van der Waals surface area contributed by atoms with E-state index in [0.29, 0.717) is 0 Å². The van der Waals surface area contributed by atoms with E-state index in [1.165, 1.54) is 92.4 Å². The molecule has 7 N–H and O–H groups in total. The van der Waals surface area contributed by atoms with Crippen molar-refractivity contribution in [2.24, 2.45) is 0 Å². The zero-order valence-corrected chi connectivity index (χ0v) is 35.9. The Hall–Kier alpha value is -6.28. The lowest BCUT2D eigenvalue weighted by atomic mass is 10.0. The van der Waals surface area contributed by atoms with E-state index in [1.807, 2.05) is 6.92 Å². The fraction of sp³-hybridized carbons (Fsp3) is 0.308. The smallest absolute Gasteiger partial charge is 0.239 e. The number of para-hydroxylation sites is 2. The second-order valence-corrected chi connectivity index (χ2v) is 16.7. The molecule has 8 rings (SSSR count). The largest absolute Gasteiger partial charge is 0.398 e. The maximum absolute atomic E-state index is 6.42. The Balaban J connectivity index is 0.756. The van der Waals surface area contributed by atoms with Crippen LogP contribution in [0, 0.1) is 27.7 Å². The average molecular weight is 798 g/mol. The summed E-state index contributed by atoms with van der Waals surface area (Å²) in [6.45, 7) is 10.4. The number of nitrogens with one attached hydrogen (secondary N) is 3. The van der Waals surface area contributed by atoms with Crippen LogP contribution in [0.3, 0.4) is 0 Å². The normalized spacial score (nSPS) is 12.0. The number of nitrogen functional groups attached to an aromatic ring is 2. The van der Waals surface area contributed by atoms with Crippen molar-refractivity contribution in [3.05, 3.63) is 131 Å². The van der Waals surface area contributed by atoms with Gasteiger partial charge in [-0.3, -0.25) is 0 Å². The van der Waals surface area contributed by atoms with Gasteiger partial charge in [-0.1, -0.05) is 87.8 Å². The van der Waals surface area contributed by atoms with Gasteiger partial charge in [0.2, 0.25) is 16.7 Å². The summed E-state index contributed by atoms with van der Waals surface area (Å²) in [5.74, 6) is 0. The van der Waals surface area contributed by atoms with E-state index >= 15 is 0 Å². The Labute approximate surface area is 356 Å². The summed E-state index contributed by atoms with van der Waals surface area (Å²) in [6.07, 6.45) is 12.7. The molecule has 2 heterocycles. The maximum atomic E-state index is 6.42. The third-order valence-corrected chi connectivity index (χ3v) is 12.2. The van der Waals surface area contributed by atoms with Crippen LogP contribution in [-0.4, -0.2) is 18.1 Å². The minimum absolute atomic E-state index is 0.781. The van der Waals surface area contributed by atoms with Gasteiger partial charge in [0, 0.05) is 65.8 Å². The van der Waals surface area contributed by atoms with Gasteiger partial charge in [0.05, 0.1) is 22.7 Å². The van der Waals surface area contributed by atoms with Gasteiger partial charge >= 0.3 is 0 Å². The molecule has 0 fully saturated rings. The topological polar surface area (TPSA) is 108 Å². The summed E-state index contributed by atoms with van der Waals surface area (Å²) in [7, 11) is 0. The van der Waals surface area contributed by atoms with E-state index in [2.05, 4.69) is 155 Å². The van der Waals surface area contributed by atoms with E-state index in [9.17, 15) is 0 Å². The van der Waals surface area contributed by atoms with Gasteiger partial charge < -0.3 is 32.3 Å². The first kappa shape index (κ1) is 40.5. The molecular formula is C52H61N8+. The monoisotopic (exact) mass is 798 g/mol. The molecule has 8 nitrogen and oxygen atoms in total. The number of anilines is 9. The van der Waals surface area contributed by atoms with Crippen molar-refractivity contribution in [1.82, 2.24) is 4.98 Å². The van der Waals surface area contributed by atoms with Crippen molar-refractivity contribution in [3.63, 3.8) is 0 Å². The molecule has 6 aromatic carbocycles. The summed E-state index contributed by atoms with van der Waals surface area (Å²) in [5.41, 5.74) is 32.0. The predicted molar refractivity (Wildman–Crippen MR) is 256 cm³/mol. The van der Waals surface area contributed by atoms with Crippen molar-refractivity contribution in [2.75, 3.05) is 45.4 Å². The molecule has 60 heavy (non-hydrogen) atoms. The molecule has 308 valence electrons. The second kappa shape index (κ2) is 18.3. The van der Waals surface area contributed by atoms with Crippen LogP contribution < -0.4 is 36.9 Å². The number of nitrogens with two attached hydrogens (primary N) is 2. The lowest BCUT2D eigenvalue weighted by Gasteiger charge is -2.36. The van der Waals surface area contributed by atoms with Crippen LogP contribution >= 0.6 is 0 Å². The molecule has 0 saturated heterocycles. The summed E-state index contributed by atoms with van der Waals surface area (Å²) >= 11 is 0. The molecule has 0 amide bonds. The first-order valence-electron chi connectivity index (χ1n) is 22.0. The Bertz CT molecular complexity index is 2600. The zero-order valence-electron chi connectivity index (χ0n) is 35.9. The molecule has 1 aliphatic heterocycles. The Morgan fingerprint density at radius 1 is 0.550 bits per heavy atom. The van der Waals surface area contributed by atoms with Crippen molar-refractivity contribution in [1.29, 1.82) is 0 Å². The van der Waals surface area contributed by atoms with Crippen LogP contribution in [0.5, 0.6) is 0 Å². The lowest BCUT2D eigenvalue weighted by Crippen LogP contribution is -2.33. The first-order valence-corrected chi connectivity index (χ1v) is 22.0. The van der Waals surface area contributed by atoms with E-state index in [-0.39, 0.29) is 0 Å². The molecule has 0 unspecified atom stereocenters. The van der Waals surface area contributed by atoms with Crippen molar-refractivity contribution < 1.29 is 4.57 Å². The molecule has 0 radical (unpaired) electrons. The molecule has 1 aromatic heterocycles. The SMILES string of the molecule is Cc1cc2c(cc1N)N(c1ccccc1)c1c(ccc(NCCCCCCCCCCCCNc3cc4c(cc3C)nc3cc(C)c(N)cc3[n+]4-c3ccccc3)c1C)N2. The van der Waals surface area contributed by atoms with Crippen LogP contribution in [-0.2, 0) is 0 Å². The Kier molecular flexibility index (Phi) is 12.4. The molecule has 0 saturated carbocycles. The number of unbranched alkanes of at least 4 members (excludes halogenated alkanes) is 9. The highest BCUT2D eigenvalue weighted by molar-refractivity contribution is 6.00. The predicted octanol–water partition coefficient (Wildman–Crippen LogP) is 13.0. The first-order chi connectivity index (χ1) is 29.3. The van der Waals surface area contributed by atoms with Crippen LogP contribution in [0.4, 0.5) is 51.2 Å². The van der Waals surface area contributed by atoms with Gasteiger partial charge in [-0.15, -0.1) is 4.57 Å². The highest BCUT2D eigenvalue weighted by Crippen LogP contribution is 2.51. The Morgan fingerprint density at radius 3 is 1.77 bits per heavy atom. The Morgan fingerprint density at radius 2 is 1.10 bits per heavy atom. The number of aromatic nitrogens is 2. The lowest BCUT2D eigenvalue weighted by molar-refractivity contribution is -0.538. The average Bonchev–Trinajstić information content (AvgIpc) is 3.25. The van der Waals surface area contributed by atoms with Gasteiger partial charge in [-0.25, -0.2) is 4.98 Å². The third-order valence-electron chi connectivity index (χ3n) is 12.2. The molecule has 1 aliphatic rings. The van der Waals surface area contributed by atoms with Crippen LogP contribution in [0.15, 0.2) is 109 Å². The standard InChI is InChI=1S/C52H60N8/c1-35-29-46-49(32-41(35)53)59(39-21-15-13-16-22-39)51-34-45(37(3)31-48(51)58-46)56-28-20-12-10-8-6-5-7-9-11-19-27-55-43-25-26-44-52(38(43)4)60(40-23-17-14-18-24-40)50-33-42(54)36(2)30-47(50)57-44/h13-18,21-26,29-34H,5-12,19-20,27-28H2,1-4H3,(H6,53,54,55,56,57,58)/p+1. The zero-order chi connectivity index (χ0) is 41.6. The van der Waals surface area contributed by atoms with Crippen LogP contribution in [0.1, 0.15) is 86.5 Å². The quantitative estimate of drug-likeness (QED) is 0.0270. The second-order valence-electron chi connectivity index (χ2n) is 16.7. The van der Waals surface area contributed by atoms with Crippen LogP contribution in [0.2, 0.25) is 0 Å². The summed E-state index contributed by atoms with van der Waals surface area (Å²) in [6, 6.07) is 38.4. The van der Waals surface area contributed by atoms with Gasteiger partial charge in [-0.05, 0) is 111 Å². The number of hydrogen-bond acceptors (Lipinski definition) is 7. The number of aryl methyl sites for hydroxylation is 3. The fourth-order valence-corrected chi connectivity index (χ4v) is 8.72. The molecule has 8 heteroatoms. The van der Waals surface area contributed by atoms with Crippen molar-refractivity contribution >= 4 is 73.3 Å². The van der Waals surface area contributed by atoms with Gasteiger partial charge in [0.1, 0.15) is 11.0 Å².